The van der Waals surface area contributed by atoms with Gasteiger partial charge in [-0.1, -0.05) is 19.1 Å². The van der Waals surface area contributed by atoms with Crippen LogP contribution in [0.15, 0.2) is 24.3 Å². The summed E-state index contributed by atoms with van der Waals surface area (Å²) < 4.78 is 11.2. The van der Waals surface area contributed by atoms with Gasteiger partial charge < -0.3 is 14.8 Å². The molecule has 2 atom stereocenters. The molecule has 0 bridgehead atoms. The first kappa shape index (κ1) is 14.4. The predicted molar refractivity (Wildman–Crippen MR) is 77.5 cm³/mol. The predicted octanol–water partition coefficient (Wildman–Crippen LogP) is 2.99. The molecule has 1 aliphatic rings. The van der Waals surface area contributed by atoms with Crippen LogP contribution in [0.3, 0.4) is 0 Å². The Bertz CT molecular complexity index is 381. The van der Waals surface area contributed by atoms with Crippen LogP contribution in [0.2, 0.25) is 0 Å². The lowest BCUT2D eigenvalue weighted by Gasteiger charge is -2.17. The maximum absolute atomic E-state index is 5.71. The lowest BCUT2D eigenvalue weighted by molar-refractivity contribution is 0.0872. The Labute approximate surface area is 116 Å². The third-order valence-electron chi connectivity index (χ3n) is 3.69. The van der Waals surface area contributed by atoms with Crippen molar-refractivity contribution in [2.75, 3.05) is 19.8 Å². The molecule has 1 aromatic carbocycles. The molecule has 0 aliphatic carbocycles. The Morgan fingerprint density at radius 3 is 3.05 bits per heavy atom. The van der Waals surface area contributed by atoms with Gasteiger partial charge in [0.1, 0.15) is 5.75 Å². The van der Waals surface area contributed by atoms with E-state index in [0.717, 1.165) is 31.9 Å². The summed E-state index contributed by atoms with van der Waals surface area (Å²) in [5.74, 6) is 1.62. The summed E-state index contributed by atoms with van der Waals surface area (Å²) in [7, 11) is 0. The van der Waals surface area contributed by atoms with Crippen molar-refractivity contribution in [2.24, 2.45) is 5.92 Å². The number of hydrogen-bond acceptors (Lipinski definition) is 3. The first-order chi connectivity index (χ1) is 9.33. The molecule has 0 radical (unpaired) electrons. The molecule has 1 N–H and O–H groups in total. The van der Waals surface area contributed by atoms with Gasteiger partial charge >= 0.3 is 0 Å². The van der Waals surface area contributed by atoms with E-state index in [1.165, 1.54) is 12.0 Å². The van der Waals surface area contributed by atoms with Gasteiger partial charge in [0.25, 0.3) is 0 Å². The Morgan fingerprint density at radius 2 is 2.26 bits per heavy atom. The van der Waals surface area contributed by atoms with Crippen LogP contribution in [0.25, 0.3) is 0 Å². The number of rotatable bonds is 7. The second kappa shape index (κ2) is 7.51. The Balaban J connectivity index is 1.77. The highest BCUT2D eigenvalue weighted by Gasteiger charge is 2.25. The molecular formula is C16H25NO2. The molecule has 106 valence electrons. The van der Waals surface area contributed by atoms with Gasteiger partial charge in [0.15, 0.2) is 0 Å². The topological polar surface area (TPSA) is 30.5 Å². The van der Waals surface area contributed by atoms with Crippen LogP contribution in [0.4, 0.5) is 0 Å². The van der Waals surface area contributed by atoms with Crippen molar-refractivity contribution < 1.29 is 9.47 Å². The fraction of sp³-hybridized carbons (Fsp3) is 0.625. The van der Waals surface area contributed by atoms with Gasteiger partial charge in [0.2, 0.25) is 0 Å². The number of benzene rings is 1. The normalized spacial score (nSPS) is 22.6. The molecule has 1 aromatic rings. The first-order valence-corrected chi connectivity index (χ1v) is 7.37. The molecular weight excluding hydrogens is 238 g/mol. The summed E-state index contributed by atoms with van der Waals surface area (Å²) in [5, 5.41) is 3.54. The second-order valence-corrected chi connectivity index (χ2v) is 5.08. The summed E-state index contributed by atoms with van der Waals surface area (Å²) in [6, 6.07) is 8.30. The van der Waals surface area contributed by atoms with Crippen LogP contribution in [0.1, 0.15) is 32.3 Å². The molecule has 1 fully saturated rings. The van der Waals surface area contributed by atoms with Crippen molar-refractivity contribution in [2.45, 2.75) is 39.3 Å². The van der Waals surface area contributed by atoms with E-state index in [1.54, 1.807) is 0 Å². The van der Waals surface area contributed by atoms with Crippen LogP contribution < -0.4 is 10.1 Å². The smallest absolute Gasteiger partial charge is 0.119 e. The molecule has 3 heteroatoms. The van der Waals surface area contributed by atoms with Gasteiger partial charge in [-0.3, -0.25) is 0 Å². The largest absolute Gasteiger partial charge is 0.494 e. The standard InChI is InChI=1S/C16H25NO2/c1-3-16-14(8-9-19-16)12-17-11-13-6-5-7-15(10-13)18-4-2/h5-7,10,14,16-17H,3-4,8-9,11-12H2,1-2H3. The summed E-state index contributed by atoms with van der Waals surface area (Å²) in [5.41, 5.74) is 1.28. The molecule has 1 heterocycles. The lowest BCUT2D eigenvalue weighted by Crippen LogP contribution is -2.27. The maximum Gasteiger partial charge on any atom is 0.119 e. The summed E-state index contributed by atoms with van der Waals surface area (Å²) in [4.78, 5) is 0. The molecule has 1 saturated heterocycles. The zero-order valence-corrected chi connectivity index (χ0v) is 12.0. The van der Waals surface area contributed by atoms with Gasteiger partial charge in [0, 0.05) is 19.7 Å². The van der Waals surface area contributed by atoms with Crippen LogP contribution >= 0.6 is 0 Å². The van der Waals surface area contributed by atoms with E-state index in [1.807, 2.05) is 13.0 Å². The maximum atomic E-state index is 5.71. The van der Waals surface area contributed by atoms with Gasteiger partial charge in [-0.15, -0.1) is 0 Å². The van der Waals surface area contributed by atoms with Crippen LogP contribution in [-0.2, 0) is 11.3 Å². The minimum atomic E-state index is 0.447. The summed E-state index contributed by atoms with van der Waals surface area (Å²) >= 11 is 0. The third-order valence-corrected chi connectivity index (χ3v) is 3.69. The molecule has 0 aromatic heterocycles. The molecule has 19 heavy (non-hydrogen) atoms. The molecule has 3 nitrogen and oxygen atoms in total. The van der Waals surface area contributed by atoms with Crippen molar-refractivity contribution in [3.63, 3.8) is 0 Å². The molecule has 0 amide bonds. The van der Waals surface area contributed by atoms with Crippen molar-refractivity contribution in [1.29, 1.82) is 0 Å². The van der Waals surface area contributed by atoms with E-state index in [-0.39, 0.29) is 0 Å². The van der Waals surface area contributed by atoms with Crippen molar-refractivity contribution in [1.82, 2.24) is 5.32 Å². The van der Waals surface area contributed by atoms with E-state index in [0.29, 0.717) is 18.6 Å². The highest BCUT2D eigenvalue weighted by atomic mass is 16.5. The van der Waals surface area contributed by atoms with Crippen LogP contribution in [-0.4, -0.2) is 25.9 Å². The first-order valence-electron chi connectivity index (χ1n) is 7.37. The molecule has 2 unspecified atom stereocenters. The van der Waals surface area contributed by atoms with E-state index < -0.39 is 0 Å². The van der Waals surface area contributed by atoms with Crippen molar-refractivity contribution in [3.8, 4) is 5.75 Å². The number of ether oxygens (including phenoxy) is 2. The minimum Gasteiger partial charge on any atom is -0.494 e. The van der Waals surface area contributed by atoms with Gasteiger partial charge in [-0.05, 0) is 43.4 Å². The average molecular weight is 263 g/mol. The average Bonchev–Trinajstić information content (AvgIpc) is 2.87. The highest BCUT2D eigenvalue weighted by molar-refractivity contribution is 5.28. The number of hydrogen-bond donors (Lipinski definition) is 1. The number of nitrogens with one attached hydrogen (secondary N) is 1. The van der Waals surface area contributed by atoms with Gasteiger partial charge in [-0.2, -0.15) is 0 Å². The minimum absolute atomic E-state index is 0.447. The van der Waals surface area contributed by atoms with E-state index in [2.05, 4.69) is 30.4 Å². The highest BCUT2D eigenvalue weighted by Crippen LogP contribution is 2.22. The van der Waals surface area contributed by atoms with Crippen LogP contribution in [0.5, 0.6) is 5.75 Å². The Hall–Kier alpha value is -1.06. The summed E-state index contributed by atoms with van der Waals surface area (Å²) in [6.45, 7) is 7.79. The van der Waals surface area contributed by atoms with E-state index >= 15 is 0 Å². The molecule has 1 aliphatic heterocycles. The second-order valence-electron chi connectivity index (χ2n) is 5.08. The lowest BCUT2D eigenvalue weighted by atomic mass is 9.99. The van der Waals surface area contributed by atoms with E-state index in [4.69, 9.17) is 9.47 Å². The van der Waals surface area contributed by atoms with Crippen molar-refractivity contribution >= 4 is 0 Å². The Kier molecular flexibility index (Phi) is 5.67. The fourth-order valence-corrected chi connectivity index (χ4v) is 2.69. The van der Waals surface area contributed by atoms with Crippen molar-refractivity contribution in [3.05, 3.63) is 29.8 Å². The van der Waals surface area contributed by atoms with Gasteiger partial charge in [-0.25, -0.2) is 0 Å². The third kappa shape index (κ3) is 4.22. The zero-order valence-electron chi connectivity index (χ0n) is 12.0. The fourth-order valence-electron chi connectivity index (χ4n) is 2.69. The Morgan fingerprint density at radius 1 is 1.37 bits per heavy atom. The van der Waals surface area contributed by atoms with E-state index in [9.17, 15) is 0 Å². The molecule has 0 saturated carbocycles. The molecule has 0 spiro atoms. The quantitative estimate of drug-likeness (QED) is 0.820. The zero-order chi connectivity index (χ0) is 13.5. The van der Waals surface area contributed by atoms with Gasteiger partial charge in [0.05, 0.1) is 12.7 Å². The molecule has 2 rings (SSSR count). The SMILES string of the molecule is CCOc1cccc(CNCC2CCOC2CC)c1. The van der Waals surface area contributed by atoms with Crippen LogP contribution in [0, 0.1) is 5.92 Å². The summed E-state index contributed by atoms with van der Waals surface area (Å²) in [6.07, 6.45) is 2.75. The monoisotopic (exact) mass is 263 g/mol.